The minimum atomic E-state index is -0.0998. The van der Waals surface area contributed by atoms with Crippen molar-refractivity contribution in [1.82, 2.24) is 20.9 Å². The molecule has 0 spiro atoms. The van der Waals surface area contributed by atoms with E-state index in [4.69, 9.17) is 103 Å². The smallest absolute Gasteiger partial charge is 0.223 e. The van der Waals surface area contributed by atoms with E-state index in [-0.39, 0.29) is 59.6 Å². The molecule has 0 heterocycles. The molecule has 0 aliphatic heterocycles. The van der Waals surface area contributed by atoms with E-state index in [2.05, 4.69) is 93.0 Å². The van der Waals surface area contributed by atoms with Crippen LogP contribution in [0, 0.1) is 23.2 Å². The van der Waals surface area contributed by atoms with E-state index in [1.807, 2.05) is 111 Å². The van der Waals surface area contributed by atoms with Crippen LogP contribution in [-0.2, 0) is 19.4 Å². The third-order valence-electron chi connectivity index (χ3n) is 14.9. The Labute approximate surface area is 614 Å². The molecule has 0 atom stereocenters. The van der Waals surface area contributed by atoms with E-state index >= 15 is 0 Å². The van der Waals surface area contributed by atoms with Gasteiger partial charge in [0.15, 0.2) is 53.6 Å². The molecule has 0 saturated heterocycles. The molecule has 38 N–H and O–H groups in total. The molecule has 3 aliphatic rings. The van der Waals surface area contributed by atoms with Crippen LogP contribution < -0.4 is 113 Å². The molecule has 104 heavy (non-hydrogen) atoms. The van der Waals surface area contributed by atoms with Crippen LogP contribution in [0.2, 0.25) is 0 Å². The van der Waals surface area contributed by atoms with Gasteiger partial charge in [-0.25, -0.2) is 9.98 Å². The first-order chi connectivity index (χ1) is 49.8. The molecule has 0 bridgehead atoms. The van der Waals surface area contributed by atoms with E-state index in [9.17, 15) is 0 Å². The van der Waals surface area contributed by atoms with Crippen LogP contribution >= 0.6 is 0 Å². The first kappa shape index (κ1) is 90.1. The Balaban J connectivity index is 0.000000607. The first-order valence-electron chi connectivity index (χ1n) is 34.5. The number of nitrogens with one attached hydrogen (secondary N) is 4. The van der Waals surface area contributed by atoms with Gasteiger partial charge in [-0.1, -0.05) is 167 Å². The summed E-state index contributed by atoms with van der Waals surface area (Å²) in [6.45, 7) is 4.19. The molecule has 0 aromatic heterocycles. The summed E-state index contributed by atoms with van der Waals surface area (Å²) in [4.78, 5) is 52.3. The first-order valence-corrected chi connectivity index (χ1v) is 34.5. The number of nitrogens with zero attached hydrogens (tertiary/aromatic N) is 14. The maximum atomic E-state index is 7.10. The Morgan fingerprint density at radius 3 is 1.23 bits per heavy atom. The second-order valence-corrected chi connectivity index (χ2v) is 23.9. The summed E-state index contributed by atoms with van der Waals surface area (Å²) < 4.78 is 0. The predicted octanol–water partition coefficient (Wildman–Crippen LogP) is 1.50. The van der Waals surface area contributed by atoms with Crippen molar-refractivity contribution in [3.8, 4) is 0 Å². The van der Waals surface area contributed by atoms with Crippen LogP contribution in [0.15, 0.2) is 186 Å². The van der Waals surface area contributed by atoms with Gasteiger partial charge < -0.3 is 108 Å². The number of guanidine groups is 14. The van der Waals surface area contributed by atoms with Crippen LogP contribution in [-0.4, -0.2) is 149 Å². The van der Waals surface area contributed by atoms with Crippen molar-refractivity contribution in [2.45, 2.75) is 122 Å². The summed E-state index contributed by atoms with van der Waals surface area (Å²) >= 11 is 0. The highest BCUT2D eigenvalue weighted by Gasteiger charge is 2.15. The largest absolute Gasteiger partial charge is 0.370 e. The van der Waals surface area contributed by atoms with Crippen molar-refractivity contribution in [1.29, 1.82) is 5.41 Å². The highest BCUT2D eigenvalue weighted by Crippen LogP contribution is 2.25. The zero-order chi connectivity index (χ0) is 77.1. The van der Waals surface area contributed by atoms with Crippen molar-refractivity contribution in [3.63, 3.8) is 0 Å². The Morgan fingerprint density at radius 2 is 0.798 bits per heavy atom. The summed E-state index contributed by atoms with van der Waals surface area (Å²) in [5.74, 6) is 4.05. The van der Waals surface area contributed by atoms with Gasteiger partial charge in [0.05, 0.1) is 12.2 Å². The molecule has 3 saturated carbocycles. The number of para-hydroxylation sites is 1. The lowest BCUT2D eigenvalue weighted by molar-refractivity contribution is 0.356. The number of aryl methyl sites for hydroxylation is 1. The lowest BCUT2D eigenvalue weighted by Crippen LogP contribution is -2.45. The predicted molar refractivity (Wildman–Crippen MR) is 436 cm³/mol. The molecule has 572 valence electrons. The van der Waals surface area contributed by atoms with Crippen LogP contribution in [0.1, 0.15) is 119 Å². The maximum absolute atomic E-state index is 7.10. The SMILES string of the molecule is CN(C)C(N)=NC(N)=NCC1CCCCC1.CN=C(N)NC(N)=NCC1CCCCC1.CN=C(NCC1CCCCC1)NC(=N)N.NC(N)=NC(N)=NCCCc1ccccc1.NC(N)=NC(N)=NCCc1ccccc1.NC(N)=NC(N)=NCc1ccccc1.NC(N)=NC(N)=Nc1ccccc1. The van der Waals surface area contributed by atoms with E-state index in [0.717, 1.165) is 50.4 Å². The summed E-state index contributed by atoms with van der Waals surface area (Å²) in [6, 6.07) is 39.1. The van der Waals surface area contributed by atoms with Crippen LogP contribution in [0.3, 0.4) is 0 Å². The molecule has 3 fully saturated rings. The summed E-state index contributed by atoms with van der Waals surface area (Å²) in [5.41, 5.74) is 94.7. The molecule has 4 aromatic carbocycles. The summed E-state index contributed by atoms with van der Waals surface area (Å²) in [7, 11) is 6.94. The van der Waals surface area contributed by atoms with Crippen LogP contribution in [0.5, 0.6) is 0 Å². The number of benzene rings is 4. The highest BCUT2D eigenvalue weighted by molar-refractivity contribution is 5.98. The zero-order valence-electron chi connectivity index (χ0n) is 61.3. The van der Waals surface area contributed by atoms with Gasteiger partial charge in [-0.3, -0.25) is 46.0 Å². The summed E-state index contributed by atoms with van der Waals surface area (Å²) in [6.07, 6.45) is 22.5. The second-order valence-electron chi connectivity index (χ2n) is 23.9. The average Bonchev–Trinajstić information content (AvgIpc) is 1.15. The lowest BCUT2D eigenvalue weighted by Gasteiger charge is -2.22. The molecule has 35 nitrogen and oxygen atoms in total. The fraction of sp³-hybridized carbons (Fsp3) is 0.449. The van der Waals surface area contributed by atoms with Gasteiger partial charge in [0, 0.05) is 60.9 Å². The van der Waals surface area contributed by atoms with Crippen molar-refractivity contribution < 1.29 is 0 Å². The van der Waals surface area contributed by atoms with Gasteiger partial charge in [-0.05, 0) is 104 Å². The van der Waals surface area contributed by atoms with Crippen molar-refractivity contribution in [2.24, 2.45) is 180 Å². The molecular weight excluding hydrogens is 1320 g/mol. The fourth-order valence-corrected chi connectivity index (χ4v) is 9.72. The van der Waals surface area contributed by atoms with E-state index in [1.54, 1.807) is 31.1 Å². The van der Waals surface area contributed by atoms with E-state index in [0.29, 0.717) is 61.0 Å². The standard InChI is InChI=1S/C11H23N5.C11H17N5.2C10H21N5.C10H15N5.C9H13N5.C8H11N5/c1-16(2)11(13)15-10(12)14-8-9-6-4-3-5-7-9;12-10(13)16-11(14)15-8-4-7-9-5-2-1-3-6-9;1-13-9(11)15-10(12)14-7-8-5-3-2-4-6-8;1-13-10(15-9(11)12)14-7-8-5-3-2-4-6-8;11-9(12)15-10(13)14-7-6-8-4-2-1-3-5-8;10-8(11)14-9(12)13-6-7-4-2-1-3-5-7;9-7(10)13-8(11)12-6-4-2-1-3-5-6/h9H,3-8H2,1-2H3,(H4,12,13,14,15);1-3,5-6H,4,7-8H2,(H6,12,13,14,15,16);2*8H,2-7H2,1H3,(H5,11,12,13,14,15);1-5H,6-7H2,(H6,11,12,13,14,15);1-5H,6H2,(H6,10,11,12,13,14);1-5H,(H6,9,10,11,12,13). The molecule has 0 radical (unpaired) electrons. The number of aliphatic imine (C=N–C) groups is 13. The van der Waals surface area contributed by atoms with Crippen LogP contribution in [0.25, 0.3) is 0 Å². The van der Waals surface area contributed by atoms with Crippen molar-refractivity contribution in [2.75, 3.05) is 60.9 Å². The average molecular weight is 1440 g/mol. The minimum Gasteiger partial charge on any atom is -0.370 e. The Hall–Kier alpha value is -11.9. The quantitative estimate of drug-likeness (QED) is 0.0429. The topological polar surface area (TPSA) is 666 Å². The van der Waals surface area contributed by atoms with Crippen molar-refractivity contribution in [3.05, 3.63) is 138 Å². The lowest BCUT2D eigenvalue weighted by atomic mass is 9.89. The number of hydrogen-bond donors (Lipinski definition) is 21. The van der Waals surface area contributed by atoms with Crippen molar-refractivity contribution >= 4 is 89.1 Å². The summed E-state index contributed by atoms with van der Waals surface area (Å²) in [5, 5.41) is 15.7. The monoisotopic (exact) mass is 1440 g/mol. The fourth-order valence-electron chi connectivity index (χ4n) is 9.72. The normalized spacial score (nSPS) is 14.8. The minimum absolute atomic E-state index is 0.0474. The van der Waals surface area contributed by atoms with Gasteiger partial charge in [0.25, 0.3) is 0 Å². The molecular formula is C69H121N35. The Bertz CT molecular complexity index is 3360. The van der Waals surface area contributed by atoms with Gasteiger partial charge in [-0.2, -0.15) is 25.0 Å². The molecule has 4 aromatic rings. The van der Waals surface area contributed by atoms with Gasteiger partial charge in [0.1, 0.15) is 0 Å². The van der Waals surface area contributed by atoms with Gasteiger partial charge >= 0.3 is 0 Å². The molecule has 35 heteroatoms. The van der Waals surface area contributed by atoms with E-state index < -0.39 is 0 Å². The third kappa shape index (κ3) is 52.1. The molecule has 7 rings (SSSR count). The molecule has 0 unspecified atom stereocenters. The Morgan fingerprint density at radius 1 is 0.404 bits per heavy atom. The maximum Gasteiger partial charge on any atom is 0.223 e. The zero-order valence-corrected chi connectivity index (χ0v) is 61.3. The number of rotatable bonds is 16. The third-order valence-corrected chi connectivity index (χ3v) is 14.9. The second kappa shape index (κ2) is 56.8. The number of nitrogens with two attached hydrogens (primary N) is 17. The van der Waals surface area contributed by atoms with E-state index in [1.165, 1.54) is 107 Å². The molecule has 3 aliphatic carbocycles. The Kier molecular flexibility index (Phi) is 49.2. The van der Waals surface area contributed by atoms with Gasteiger partial charge in [-0.15, -0.1) is 0 Å². The highest BCUT2D eigenvalue weighted by atomic mass is 15.2. The van der Waals surface area contributed by atoms with Crippen LogP contribution in [0.4, 0.5) is 5.69 Å². The number of hydrogen-bond acceptors (Lipinski definition) is 9. The van der Waals surface area contributed by atoms with Gasteiger partial charge in [0.2, 0.25) is 29.8 Å². The molecule has 0 amide bonds.